The number of likely N-dealkylation sites (tertiary alicyclic amines) is 1. The summed E-state index contributed by atoms with van der Waals surface area (Å²) in [5, 5.41) is 2.83. The Bertz CT molecular complexity index is 1030. The second-order valence-electron chi connectivity index (χ2n) is 10.1. The van der Waals surface area contributed by atoms with E-state index in [-0.39, 0.29) is 17.7 Å². The maximum absolute atomic E-state index is 14.9. The van der Waals surface area contributed by atoms with Gasteiger partial charge in [0.15, 0.2) is 23.0 Å². The van der Waals surface area contributed by atoms with Crippen LogP contribution < -0.4 is 15.0 Å². The summed E-state index contributed by atoms with van der Waals surface area (Å²) in [6, 6.07) is 3.61. The van der Waals surface area contributed by atoms with Gasteiger partial charge in [-0.2, -0.15) is 4.98 Å². The Morgan fingerprint density at radius 3 is 2.58 bits per heavy atom. The number of hydrogen-bond donors (Lipinski definition) is 1. The number of amides is 1. The molecule has 7 nitrogen and oxygen atoms in total. The number of oxazole rings is 1. The van der Waals surface area contributed by atoms with E-state index in [2.05, 4.69) is 20.1 Å². The van der Waals surface area contributed by atoms with Gasteiger partial charge >= 0.3 is 0 Å². The van der Waals surface area contributed by atoms with E-state index < -0.39 is 5.82 Å². The van der Waals surface area contributed by atoms with E-state index in [0.717, 1.165) is 70.1 Å². The number of carbonyl (C=O) groups is 1. The van der Waals surface area contributed by atoms with Crippen LogP contribution in [0.3, 0.4) is 0 Å². The van der Waals surface area contributed by atoms with Crippen LogP contribution in [0.4, 0.5) is 16.1 Å². The van der Waals surface area contributed by atoms with Crippen LogP contribution in [-0.4, -0.2) is 48.1 Å². The molecule has 1 aromatic heterocycles. The zero-order valence-corrected chi connectivity index (χ0v) is 19.1. The number of hydrogen-bond acceptors (Lipinski definition) is 6. The van der Waals surface area contributed by atoms with Crippen molar-refractivity contribution in [1.29, 1.82) is 0 Å². The second kappa shape index (κ2) is 8.31. The highest BCUT2D eigenvalue weighted by Gasteiger charge is 2.47. The summed E-state index contributed by atoms with van der Waals surface area (Å²) in [5.41, 5.74) is 1.37. The number of halogens is 1. The van der Waals surface area contributed by atoms with E-state index in [1.54, 1.807) is 6.07 Å². The van der Waals surface area contributed by atoms with Gasteiger partial charge in [0.2, 0.25) is 0 Å². The molecule has 2 aromatic rings. The van der Waals surface area contributed by atoms with Crippen molar-refractivity contribution in [3.8, 4) is 5.75 Å². The fourth-order valence-electron chi connectivity index (χ4n) is 5.48. The molecule has 8 heteroatoms. The fourth-order valence-corrected chi connectivity index (χ4v) is 5.48. The Morgan fingerprint density at radius 1 is 1.15 bits per heavy atom. The van der Waals surface area contributed by atoms with Gasteiger partial charge in [0.1, 0.15) is 0 Å². The molecule has 1 N–H and O–H groups in total. The lowest BCUT2D eigenvalue weighted by Crippen LogP contribution is -2.36. The molecule has 2 saturated heterocycles. The number of fused-ring (bicyclic) bond motifs is 1. The largest absolute Gasteiger partial charge is 0.487 e. The van der Waals surface area contributed by atoms with Crippen LogP contribution in [0.25, 0.3) is 0 Å². The number of carbonyl (C=O) groups excluding carboxylic acids is 1. The standard InChI is InChI=1S/C25H31FN4O3/c1-15-9-18(13-20(26)23(15)32-19-11-16-10-17(16)12-19)27-24(31)22-21(14-29-5-4-6-29)33-25(28-22)30-7-2-3-8-30/h9,13,16-17,19H,2-8,10-12,14H2,1H3,(H,27,31)/t16-,17?,19?/m0/s1. The zero-order valence-electron chi connectivity index (χ0n) is 19.1. The maximum Gasteiger partial charge on any atom is 0.298 e. The normalized spacial score (nSPS) is 26.2. The number of benzene rings is 1. The number of ether oxygens (including phenoxy) is 1. The predicted octanol–water partition coefficient (Wildman–Crippen LogP) is 4.36. The first-order valence-electron chi connectivity index (χ1n) is 12.3. The van der Waals surface area contributed by atoms with Crippen LogP contribution in [0.5, 0.6) is 5.75 Å². The highest BCUT2D eigenvalue weighted by molar-refractivity contribution is 6.03. The van der Waals surface area contributed by atoms with Crippen LogP contribution in [0.15, 0.2) is 16.5 Å². The minimum absolute atomic E-state index is 0.102. The van der Waals surface area contributed by atoms with Gasteiger partial charge in [-0.3, -0.25) is 9.69 Å². The molecule has 2 aliphatic heterocycles. The van der Waals surface area contributed by atoms with Gasteiger partial charge in [-0.05, 0) is 82.0 Å². The van der Waals surface area contributed by atoms with Crippen molar-refractivity contribution in [3.63, 3.8) is 0 Å². The van der Waals surface area contributed by atoms with Crippen LogP contribution in [-0.2, 0) is 6.54 Å². The summed E-state index contributed by atoms with van der Waals surface area (Å²) in [4.78, 5) is 22.0. The first kappa shape index (κ1) is 21.0. The monoisotopic (exact) mass is 454 g/mol. The van der Waals surface area contributed by atoms with Crippen molar-refractivity contribution >= 4 is 17.6 Å². The highest BCUT2D eigenvalue weighted by Crippen LogP contribution is 2.52. The Hall–Kier alpha value is -2.61. The van der Waals surface area contributed by atoms with Crippen LogP contribution in [0.2, 0.25) is 0 Å². The smallest absolute Gasteiger partial charge is 0.298 e. The van der Waals surface area contributed by atoms with E-state index >= 15 is 0 Å². The maximum atomic E-state index is 14.9. The lowest BCUT2D eigenvalue weighted by atomic mass is 10.1. The summed E-state index contributed by atoms with van der Waals surface area (Å²) in [5.74, 6) is 1.61. The third-order valence-electron chi connectivity index (χ3n) is 7.57. The minimum Gasteiger partial charge on any atom is -0.487 e. The third kappa shape index (κ3) is 4.21. The lowest BCUT2D eigenvalue weighted by Gasteiger charge is -2.29. The summed E-state index contributed by atoms with van der Waals surface area (Å²) >= 11 is 0. The van der Waals surface area contributed by atoms with E-state index in [4.69, 9.17) is 9.15 Å². The van der Waals surface area contributed by atoms with Gasteiger partial charge in [-0.1, -0.05) is 0 Å². The van der Waals surface area contributed by atoms with Crippen molar-refractivity contribution in [2.75, 3.05) is 36.4 Å². The summed E-state index contributed by atoms with van der Waals surface area (Å²) in [6.07, 6.45) is 6.80. The van der Waals surface area contributed by atoms with Crippen LogP contribution in [0.1, 0.15) is 60.3 Å². The number of anilines is 2. The molecule has 176 valence electrons. The second-order valence-corrected chi connectivity index (χ2v) is 10.1. The number of nitrogens with one attached hydrogen (secondary N) is 1. The molecule has 1 amide bonds. The van der Waals surface area contributed by atoms with Crippen LogP contribution >= 0.6 is 0 Å². The number of aryl methyl sites for hydroxylation is 1. The summed E-state index contributed by atoms with van der Waals surface area (Å²) < 4.78 is 26.9. The van der Waals surface area contributed by atoms with E-state index in [1.807, 2.05) is 6.92 Å². The summed E-state index contributed by atoms with van der Waals surface area (Å²) in [6.45, 7) is 6.15. The highest BCUT2D eigenvalue weighted by atomic mass is 19.1. The fraction of sp³-hybridized carbons (Fsp3) is 0.600. The van der Waals surface area contributed by atoms with Crippen molar-refractivity contribution in [2.24, 2.45) is 11.8 Å². The minimum atomic E-state index is -0.440. The number of nitrogens with zero attached hydrogens (tertiary/aromatic N) is 3. The van der Waals surface area contributed by atoms with Gasteiger partial charge in [0.25, 0.3) is 11.9 Å². The Kier molecular flexibility index (Phi) is 5.28. The van der Waals surface area contributed by atoms with Gasteiger partial charge in [-0.15, -0.1) is 0 Å². The number of rotatable bonds is 7. The quantitative estimate of drug-likeness (QED) is 0.671. The molecule has 2 unspecified atom stereocenters. The Balaban J connectivity index is 1.19. The molecule has 3 atom stereocenters. The number of aromatic nitrogens is 1. The molecule has 2 saturated carbocycles. The molecule has 6 rings (SSSR count). The van der Waals surface area contributed by atoms with Gasteiger partial charge in [0.05, 0.1) is 12.6 Å². The first-order chi connectivity index (χ1) is 16.0. The van der Waals surface area contributed by atoms with Gasteiger partial charge in [-0.25, -0.2) is 4.39 Å². The van der Waals surface area contributed by atoms with Crippen LogP contribution in [0, 0.1) is 24.6 Å². The lowest BCUT2D eigenvalue weighted by molar-refractivity contribution is 0.101. The van der Waals surface area contributed by atoms with Crippen molar-refractivity contribution in [2.45, 2.75) is 58.1 Å². The van der Waals surface area contributed by atoms with Gasteiger partial charge in [0, 0.05) is 24.8 Å². The molecule has 0 bridgehead atoms. The SMILES string of the molecule is Cc1cc(NC(=O)c2nc(N3CCCC3)oc2CN2CCC2)cc(F)c1OC1CC2C[C@H]2C1. The van der Waals surface area contributed by atoms with Crippen molar-refractivity contribution in [3.05, 3.63) is 35.0 Å². The van der Waals surface area contributed by atoms with Crippen molar-refractivity contribution in [1.82, 2.24) is 9.88 Å². The molecule has 0 radical (unpaired) electrons. The third-order valence-corrected chi connectivity index (χ3v) is 7.57. The molecule has 0 spiro atoms. The molecule has 1 aromatic carbocycles. The van der Waals surface area contributed by atoms with E-state index in [0.29, 0.717) is 35.3 Å². The van der Waals surface area contributed by atoms with Gasteiger partial charge < -0.3 is 19.4 Å². The molecule has 4 aliphatic rings. The predicted molar refractivity (Wildman–Crippen MR) is 122 cm³/mol. The molecular weight excluding hydrogens is 423 g/mol. The topological polar surface area (TPSA) is 70.8 Å². The molecule has 4 fully saturated rings. The zero-order chi connectivity index (χ0) is 22.5. The molecule has 33 heavy (non-hydrogen) atoms. The van der Waals surface area contributed by atoms with Crippen molar-refractivity contribution < 1.29 is 18.3 Å². The van der Waals surface area contributed by atoms with E-state index in [1.165, 1.54) is 12.5 Å². The average molecular weight is 455 g/mol. The first-order valence-corrected chi connectivity index (χ1v) is 12.3. The Morgan fingerprint density at radius 2 is 1.91 bits per heavy atom. The molecular formula is C25H31FN4O3. The molecule has 3 heterocycles. The van der Waals surface area contributed by atoms with E-state index in [9.17, 15) is 9.18 Å². The summed E-state index contributed by atoms with van der Waals surface area (Å²) in [7, 11) is 0. The Labute approximate surface area is 193 Å². The average Bonchev–Trinajstić information content (AvgIpc) is 3.18. The molecule has 2 aliphatic carbocycles.